The van der Waals surface area contributed by atoms with Gasteiger partial charge in [-0.25, -0.2) is 0 Å². The van der Waals surface area contributed by atoms with E-state index >= 15 is 0 Å². The quantitative estimate of drug-likeness (QED) is 0.750. The van der Waals surface area contributed by atoms with Crippen molar-refractivity contribution in [2.45, 2.75) is 38.6 Å². The summed E-state index contributed by atoms with van der Waals surface area (Å²) in [6.07, 6.45) is 2.74. The molecule has 80 valence electrons. The number of aryl methyl sites for hydroxylation is 2. The van der Waals surface area contributed by atoms with Crippen molar-refractivity contribution in [2.24, 2.45) is 5.73 Å². The van der Waals surface area contributed by atoms with E-state index in [4.69, 9.17) is 5.73 Å². The Labute approximate surface area is 90.5 Å². The first kappa shape index (κ1) is 10.4. The van der Waals surface area contributed by atoms with Crippen LogP contribution in [0.15, 0.2) is 18.2 Å². The highest BCUT2D eigenvalue weighted by molar-refractivity contribution is 6.04. The molecule has 0 radical (unpaired) electrons. The topological polar surface area (TPSA) is 43.1 Å². The van der Waals surface area contributed by atoms with Crippen LogP contribution in [-0.4, -0.2) is 11.3 Å². The van der Waals surface area contributed by atoms with Crippen LogP contribution in [0.5, 0.6) is 0 Å². The average molecular weight is 203 g/mol. The molecule has 0 bridgehead atoms. The molecule has 2 heteroatoms. The smallest absolute Gasteiger partial charge is 0.182 e. The molecule has 1 aliphatic rings. The van der Waals surface area contributed by atoms with Crippen molar-refractivity contribution in [1.29, 1.82) is 0 Å². The molecular weight excluding hydrogens is 186 g/mol. The number of nitrogens with two attached hydrogens (primary N) is 1. The van der Waals surface area contributed by atoms with Gasteiger partial charge >= 0.3 is 0 Å². The molecule has 1 fully saturated rings. The Balaban J connectivity index is 2.36. The zero-order chi connectivity index (χ0) is 11.1. The molecule has 1 aromatic rings. The standard InChI is InChI=1S/C13H17NO/c1-9-4-5-10(2)11(8-9)12(15)13(14)6-3-7-13/h4-5,8H,3,6-7,14H2,1-2H3. The van der Waals surface area contributed by atoms with Crippen LogP contribution >= 0.6 is 0 Å². The first-order chi connectivity index (χ1) is 7.03. The van der Waals surface area contributed by atoms with E-state index in [0.29, 0.717) is 0 Å². The van der Waals surface area contributed by atoms with Crippen molar-refractivity contribution in [2.75, 3.05) is 0 Å². The van der Waals surface area contributed by atoms with Crippen molar-refractivity contribution in [3.63, 3.8) is 0 Å². The minimum absolute atomic E-state index is 0.120. The Morgan fingerprint density at radius 2 is 2.00 bits per heavy atom. The number of hydrogen-bond acceptors (Lipinski definition) is 2. The van der Waals surface area contributed by atoms with Gasteiger partial charge in [0.05, 0.1) is 5.54 Å². The summed E-state index contributed by atoms with van der Waals surface area (Å²) < 4.78 is 0. The van der Waals surface area contributed by atoms with Gasteiger partial charge in [-0.15, -0.1) is 0 Å². The maximum Gasteiger partial charge on any atom is 0.182 e. The zero-order valence-corrected chi connectivity index (χ0v) is 9.34. The molecule has 1 saturated carbocycles. The maximum absolute atomic E-state index is 12.2. The van der Waals surface area contributed by atoms with E-state index in [0.717, 1.165) is 36.0 Å². The van der Waals surface area contributed by atoms with Crippen LogP contribution in [0.3, 0.4) is 0 Å². The van der Waals surface area contributed by atoms with Gasteiger partial charge in [0.25, 0.3) is 0 Å². The van der Waals surface area contributed by atoms with E-state index in [1.54, 1.807) is 0 Å². The Hall–Kier alpha value is -1.15. The van der Waals surface area contributed by atoms with Gasteiger partial charge < -0.3 is 5.73 Å². The van der Waals surface area contributed by atoms with Gasteiger partial charge in [-0.05, 0) is 44.7 Å². The summed E-state index contributed by atoms with van der Waals surface area (Å²) in [4.78, 5) is 12.2. The van der Waals surface area contributed by atoms with E-state index in [1.165, 1.54) is 0 Å². The van der Waals surface area contributed by atoms with E-state index in [1.807, 2.05) is 32.0 Å². The van der Waals surface area contributed by atoms with Gasteiger partial charge in [0, 0.05) is 5.56 Å². The van der Waals surface area contributed by atoms with Crippen LogP contribution in [0.4, 0.5) is 0 Å². The molecule has 2 N–H and O–H groups in total. The number of benzene rings is 1. The van der Waals surface area contributed by atoms with Crippen LogP contribution in [-0.2, 0) is 0 Å². The lowest BCUT2D eigenvalue weighted by Gasteiger charge is -2.36. The number of carbonyl (C=O) groups excluding carboxylic acids is 1. The number of carbonyl (C=O) groups is 1. The molecule has 0 atom stereocenters. The van der Waals surface area contributed by atoms with Crippen molar-refractivity contribution in [3.05, 3.63) is 34.9 Å². The minimum Gasteiger partial charge on any atom is -0.319 e. The van der Waals surface area contributed by atoms with E-state index in [-0.39, 0.29) is 5.78 Å². The molecule has 0 amide bonds. The third-order valence-electron chi connectivity index (χ3n) is 3.34. The lowest BCUT2D eigenvalue weighted by molar-refractivity contribution is 0.0800. The van der Waals surface area contributed by atoms with Gasteiger partial charge in [-0.3, -0.25) is 4.79 Å². The number of rotatable bonds is 2. The van der Waals surface area contributed by atoms with Crippen LogP contribution in [0.2, 0.25) is 0 Å². The van der Waals surface area contributed by atoms with Gasteiger partial charge in [-0.2, -0.15) is 0 Å². The lowest BCUT2D eigenvalue weighted by atomic mass is 9.72. The zero-order valence-electron chi connectivity index (χ0n) is 9.34. The molecule has 2 rings (SSSR count). The summed E-state index contributed by atoms with van der Waals surface area (Å²) >= 11 is 0. The number of Topliss-reactive ketones (excluding diaryl/α,β-unsaturated/α-hetero) is 1. The van der Waals surface area contributed by atoms with Crippen LogP contribution in [0, 0.1) is 13.8 Å². The second-order valence-corrected chi connectivity index (χ2v) is 4.66. The summed E-state index contributed by atoms with van der Waals surface area (Å²) in [5.41, 5.74) is 8.43. The molecule has 0 unspecified atom stereocenters. The fourth-order valence-corrected chi connectivity index (χ4v) is 2.03. The van der Waals surface area contributed by atoms with Gasteiger partial charge in [-0.1, -0.05) is 17.7 Å². The predicted octanol–water partition coefficient (Wildman–Crippen LogP) is 2.37. The molecule has 0 heterocycles. The van der Waals surface area contributed by atoms with Gasteiger partial charge in [0.2, 0.25) is 0 Å². The minimum atomic E-state index is -0.571. The van der Waals surface area contributed by atoms with Crippen molar-refractivity contribution < 1.29 is 4.79 Å². The SMILES string of the molecule is Cc1ccc(C)c(C(=O)C2(N)CCC2)c1. The molecule has 1 aliphatic carbocycles. The first-order valence-electron chi connectivity index (χ1n) is 5.44. The Morgan fingerprint density at radius 3 is 2.53 bits per heavy atom. The second kappa shape index (κ2) is 3.46. The highest BCUT2D eigenvalue weighted by atomic mass is 16.1. The largest absolute Gasteiger partial charge is 0.319 e. The second-order valence-electron chi connectivity index (χ2n) is 4.66. The van der Waals surface area contributed by atoms with Crippen molar-refractivity contribution in [3.8, 4) is 0 Å². The van der Waals surface area contributed by atoms with Crippen molar-refractivity contribution in [1.82, 2.24) is 0 Å². The van der Waals surface area contributed by atoms with Crippen LogP contribution < -0.4 is 5.73 Å². The number of ketones is 1. The average Bonchev–Trinajstić information content (AvgIpc) is 2.17. The fourth-order valence-electron chi connectivity index (χ4n) is 2.03. The third kappa shape index (κ3) is 1.70. The Morgan fingerprint density at radius 1 is 1.33 bits per heavy atom. The van der Waals surface area contributed by atoms with E-state index < -0.39 is 5.54 Å². The Bertz CT molecular complexity index is 405. The molecule has 1 aromatic carbocycles. The molecular formula is C13H17NO. The normalized spacial score (nSPS) is 18.3. The fraction of sp³-hybridized carbons (Fsp3) is 0.462. The van der Waals surface area contributed by atoms with Gasteiger partial charge in [0.15, 0.2) is 5.78 Å². The monoisotopic (exact) mass is 203 g/mol. The van der Waals surface area contributed by atoms with E-state index in [9.17, 15) is 4.79 Å². The molecule has 15 heavy (non-hydrogen) atoms. The number of hydrogen-bond donors (Lipinski definition) is 1. The highest BCUT2D eigenvalue weighted by Gasteiger charge is 2.40. The van der Waals surface area contributed by atoms with Gasteiger partial charge in [0.1, 0.15) is 0 Å². The summed E-state index contributed by atoms with van der Waals surface area (Å²) in [7, 11) is 0. The highest BCUT2D eigenvalue weighted by Crippen LogP contribution is 2.33. The molecule has 0 aliphatic heterocycles. The summed E-state index contributed by atoms with van der Waals surface area (Å²) in [5, 5.41) is 0. The summed E-state index contributed by atoms with van der Waals surface area (Å²) in [6.45, 7) is 3.97. The van der Waals surface area contributed by atoms with E-state index in [2.05, 4.69) is 0 Å². The van der Waals surface area contributed by atoms with Crippen LogP contribution in [0.1, 0.15) is 40.7 Å². The van der Waals surface area contributed by atoms with Crippen molar-refractivity contribution >= 4 is 5.78 Å². The van der Waals surface area contributed by atoms with Crippen LogP contribution in [0.25, 0.3) is 0 Å². The molecule has 0 spiro atoms. The first-order valence-corrected chi connectivity index (χ1v) is 5.44. The molecule has 0 saturated heterocycles. The Kier molecular flexibility index (Phi) is 2.39. The molecule has 2 nitrogen and oxygen atoms in total. The summed E-state index contributed by atoms with van der Waals surface area (Å²) in [5.74, 6) is 0.120. The third-order valence-corrected chi connectivity index (χ3v) is 3.34. The summed E-state index contributed by atoms with van der Waals surface area (Å²) in [6, 6.07) is 5.96. The maximum atomic E-state index is 12.2. The lowest BCUT2D eigenvalue weighted by Crippen LogP contribution is -2.53. The predicted molar refractivity (Wildman–Crippen MR) is 61.0 cm³/mol. The molecule has 0 aromatic heterocycles.